The Morgan fingerprint density at radius 3 is 2.33 bits per heavy atom. The lowest BCUT2D eigenvalue weighted by molar-refractivity contribution is -0.222. The molecule has 12 heteroatoms. The van der Waals surface area contributed by atoms with Crippen molar-refractivity contribution in [2.75, 3.05) is 74.1 Å². The lowest BCUT2D eigenvalue weighted by atomic mass is 10.4. The minimum Gasteiger partial charge on any atom is -0.756 e. The fourth-order valence-corrected chi connectivity index (χ4v) is 1.97. The van der Waals surface area contributed by atoms with Crippen LogP contribution in [0.1, 0.15) is 13.8 Å². The molecule has 1 amide bonds. The molecule has 0 radical (unpaired) electrons. The van der Waals surface area contributed by atoms with E-state index >= 15 is 0 Å². The van der Waals surface area contributed by atoms with Gasteiger partial charge in [-0.15, -0.1) is 0 Å². The molecular weight excluding hydrogens is 385 g/mol. The van der Waals surface area contributed by atoms with Crippen LogP contribution in [0.15, 0.2) is 0 Å². The summed E-state index contributed by atoms with van der Waals surface area (Å²) in [6.45, 7) is 1.92. The van der Waals surface area contributed by atoms with Gasteiger partial charge < -0.3 is 42.9 Å². The third kappa shape index (κ3) is 18.4. The van der Waals surface area contributed by atoms with Gasteiger partial charge in [0, 0.05) is 27.9 Å². The molecule has 0 spiro atoms. The largest absolute Gasteiger partial charge is 0.756 e. The zero-order chi connectivity index (χ0) is 19.7. The molecule has 0 aromatic heterocycles. The topological polar surface area (TPSA) is 134 Å². The number of hydrogen-bond acceptors (Lipinski definition) is 10. The van der Waals surface area contributed by atoms with E-state index in [1.807, 2.05) is 0 Å². The number of phosphoric acid groups is 1. The average molecular weight is 418 g/mol. The highest BCUT2D eigenvalue weighted by Crippen LogP contribution is 2.36. The Labute approximate surface area is 161 Å². The summed E-state index contributed by atoms with van der Waals surface area (Å²) >= 11 is 0. The molecule has 0 aromatic carbocycles. The maximum absolute atomic E-state index is 11.6. The zero-order valence-corrected chi connectivity index (χ0v) is 16.4. The van der Waals surface area contributed by atoms with Crippen LogP contribution in [-0.4, -0.2) is 86.3 Å². The van der Waals surface area contributed by atoms with Crippen molar-refractivity contribution in [1.82, 2.24) is 5.32 Å². The van der Waals surface area contributed by atoms with Crippen molar-refractivity contribution >= 4 is 13.9 Å². The van der Waals surface area contributed by atoms with Crippen LogP contribution < -0.4 is 10.2 Å². The van der Waals surface area contributed by atoms with E-state index in [2.05, 4.69) is 14.4 Å². The van der Waals surface area contributed by atoms with Crippen LogP contribution in [0.3, 0.4) is 0 Å². The SMILES string of the molecule is C.COCCOCC(COC(=O)NCCCOP(=O)([O-])OC)OCCOC. The van der Waals surface area contributed by atoms with E-state index in [4.69, 9.17) is 23.7 Å². The minimum absolute atomic E-state index is 0. The minimum atomic E-state index is -4.24. The summed E-state index contributed by atoms with van der Waals surface area (Å²) in [4.78, 5) is 22.6. The number of methoxy groups -OCH3 is 2. The molecule has 0 heterocycles. The number of hydrogen-bond donors (Lipinski definition) is 1. The van der Waals surface area contributed by atoms with E-state index in [0.29, 0.717) is 26.4 Å². The summed E-state index contributed by atoms with van der Waals surface area (Å²) in [5, 5.41) is 2.47. The van der Waals surface area contributed by atoms with Gasteiger partial charge in [-0.25, -0.2) is 4.79 Å². The fraction of sp³-hybridized carbons (Fsp3) is 0.933. The number of carbonyl (C=O) groups is 1. The van der Waals surface area contributed by atoms with Crippen LogP contribution >= 0.6 is 7.82 Å². The molecule has 0 fully saturated rings. The summed E-state index contributed by atoms with van der Waals surface area (Å²) in [7, 11) is -0.105. The summed E-state index contributed by atoms with van der Waals surface area (Å²) in [6, 6.07) is 0. The van der Waals surface area contributed by atoms with E-state index in [9.17, 15) is 14.3 Å². The Morgan fingerprint density at radius 1 is 1.04 bits per heavy atom. The number of alkyl carbamates (subject to hydrolysis) is 1. The average Bonchev–Trinajstić information content (AvgIpc) is 2.62. The highest BCUT2D eigenvalue weighted by Gasteiger charge is 2.13. The number of carbonyl (C=O) groups excluding carboxylic acids is 1. The molecule has 0 bridgehead atoms. The monoisotopic (exact) mass is 418 g/mol. The first kappa shape index (κ1) is 28.4. The maximum Gasteiger partial charge on any atom is 0.407 e. The molecule has 0 aromatic rings. The zero-order valence-electron chi connectivity index (χ0n) is 15.5. The smallest absolute Gasteiger partial charge is 0.407 e. The fourth-order valence-electron chi connectivity index (χ4n) is 1.51. The summed E-state index contributed by atoms with van der Waals surface area (Å²) in [5.74, 6) is 0. The summed E-state index contributed by atoms with van der Waals surface area (Å²) < 4.78 is 45.3. The van der Waals surface area contributed by atoms with Crippen molar-refractivity contribution < 1.29 is 47.0 Å². The lowest BCUT2D eigenvalue weighted by Gasteiger charge is -2.20. The molecule has 164 valence electrons. The highest BCUT2D eigenvalue weighted by molar-refractivity contribution is 7.45. The van der Waals surface area contributed by atoms with Gasteiger partial charge in [-0.05, 0) is 6.42 Å². The Hall–Kier alpha value is -0.780. The molecule has 27 heavy (non-hydrogen) atoms. The van der Waals surface area contributed by atoms with Gasteiger partial charge in [0.15, 0.2) is 0 Å². The van der Waals surface area contributed by atoms with Crippen LogP contribution in [0.2, 0.25) is 0 Å². The van der Waals surface area contributed by atoms with E-state index in [-0.39, 0.29) is 40.2 Å². The van der Waals surface area contributed by atoms with E-state index in [1.54, 1.807) is 14.2 Å². The standard InChI is InChI=1S/C14H30NO10P.CH4/c1-19-7-9-22-11-13(23-10-8-20-2)12-24-14(16)15-5-4-6-25-26(17,18)21-3;/h13H,4-12H2,1-3H3,(H,15,16)(H,17,18);1H4/p-1. The van der Waals surface area contributed by atoms with Crippen LogP contribution in [-0.2, 0) is 37.3 Å². The third-order valence-corrected chi connectivity index (χ3v) is 3.79. The number of rotatable bonds is 17. The molecule has 0 rings (SSSR count). The van der Waals surface area contributed by atoms with E-state index in [0.717, 1.165) is 7.11 Å². The Kier molecular flexibility index (Phi) is 19.6. The predicted octanol–water partition coefficient (Wildman–Crippen LogP) is 0.565. The first-order valence-electron chi connectivity index (χ1n) is 8.04. The van der Waals surface area contributed by atoms with E-state index in [1.165, 1.54) is 0 Å². The first-order chi connectivity index (χ1) is 12.4. The second-order valence-electron chi connectivity index (χ2n) is 4.90. The van der Waals surface area contributed by atoms with Gasteiger partial charge in [0.1, 0.15) is 12.7 Å². The van der Waals surface area contributed by atoms with Crippen molar-refractivity contribution in [1.29, 1.82) is 0 Å². The predicted molar refractivity (Wildman–Crippen MR) is 95.6 cm³/mol. The quantitative estimate of drug-likeness (QED) is 0.264. The Morgan fingerprint density at radius 2 is 1.70 bits per heavy atom. The molecule has 0 aliphatic heterocycles. The summed E-state index contributed by atoms with van der Waals surface area (Å²) in [6.07, 6.45) is -0.818. The summed E-state index contributed by atoms with van der Waals surface area (Å²) in [5.41, 5.74) is 0. The molecular formula is C15H33NO10P-. The lowest BCUT2D eigenvalue weighted by Crippen LogP contribution is -2.33. The van der Waals surface area contributed by atoms with Crippen LogP contribution in [0.25, 0.3) is 0 Å². The van der Waals surface area contributed by atoms with Crippen molar-refractivity contribution in [2.24, 2.45) is 0 Å². The first-order valence-corrected chi connectivity index (χ1v) is 9.50. The second-order valence-corrected chi connectivity index (χ2v) is 6.41. The normalized spacial score (nSPS) is 14.1. The molecule has 2 unspecified atom stereocenters. The Bertz CT molecular complexity index is 399. The molecule has 0 saturated heterocycles. The van der Waals surface area contributed by atoms with Gasteiger partial charge in [0.25, 0.3) is 7.82 Å². The van der Waals surface area contributed by atoms with Crippen LogP contribution in [0.4, 0.5) is 4.79 Å². The third-order valence-electron chi connectivity index (χ3n) is 2.84. The van der Waals surface area contributed by atoms with Crippen molar-refractivity contribution in [2.45, 2.75) is 20.0 Å². The molecule has 1 N–H and O–H groups in total. The van der Waals surface area contributed by atoms with Gasteiger partial charge in [-0.3, -0.25) is 4.57 Å². The maximum atomic E-state index is 11.6. The second kappa shape index (κ2) is 18.6. The number of phosphoric ester groups is 1. The van der Waals surface area contributed by atoms with Crippen LogP contribution in [0, 0.1) is 0 Å². The Balaban J connectivity index is 0. The van der Waals surface area contributed by atoms with Gasteiger partial charge in [0.2, 0.25) is 0 Å². The number of amides is 1. The van der Waals surface area contributed by atoms with Crippen molar-refractivity contribution in [3.05, 3.63) is 0 Å². The number of ether oxygens (including phenoxy) is 5. The molecule has 11 nitrogen and oxygen atoms in total. The van der Waals surface area contributed by atoms with Crippen molar-refractivity contribution in [3.63, 3.8) is 0 Å². The molecule has 0 saturated carbocycles. The molecule has 0 aliphatic carbocycles. The van der Waals surface area contributed by atoms with Crippen LogP contribution in [0.5, 0.6) is 0 Å². The highest BCUT2D eigenvalue weighted by atomic mass is 31.2. The van der Waals surface area contributed by atoms with Gasteiger partial charge in [-0.1, -0.05) is 7.43 Å². The molecule has 2 atom stereocenters. The molecule has 0 aliphatic rings. The van der Waals surface area contributed by atoms with Crippen molar-refractivity contribution in [3.8, 4) is 0 Å². The van der Waals surface area contributed by atoms with E-state index < -0.39 is 20.0 Å². The number of nitrogens with one attached hydrogen (secondary N) is 1. The van der Waals surface area contributed by atoms with Gasteiger partial charge >= 0.3 is 6.09 Å². The van der Waals surface area contributed by atoms with Gasteiger partial charge in [-0.2, -0.15) is 0 Å². The van der Waals surface area contributed by atoms with Gasteiger partial charge in [0.05, 0.1) is 39.6 Å².